The van der Waals surface area contributed by atoms with Gasteiger partial charge in [0.25, 0.3) is 10.1 Å². The molecule has 1 aromatic carbocycles. The number of aliphatic hydroxyl groups excluding tert-OH is 1. The van der Waals surface area contributed by atoms with Crippen LogP contribution in [-0.2, 0) is 10.1 Å². The van der Waals surface area contributed by atoms with Crippen LogP contribution in [0.15, 0.2) is 29.2 Å². The first-order valence-corrected chi connectivity index (χ1v) is 7.40. The van der Waals surface area contributed by atoms with Gasteiger partial charge in [0.2, 0.25) is 0 Å². The Morgan fingerprint density at radius 1 is 1.10 bits per heavy atom. The third-order valence-electron chi connectivity index (χ3n) is 2.03. The average Bonchev–Trinajstić information content (AvgIpc) is 2.43. The van der Waals surface area contributed by atoms with E-state index >= 15 is 0 Å². The standard InChI is InChI=1S/C9H8O.C7H8O3S/c1-2-3-4-5-6-7-8-9-10;1-6-2-4-7(5-3-6)11(8,9)10/h1,10H,3-4,9H2;2-5H,1H3,(H,8,9,10). The van der Waals surface area contributed by atoms with Crippen molar-refractivity contribution in [3.63, 3.8) is 0 Å². The van der Waals surface area contributed by atoms with Crippen LogP contribution in [0.2, 0.25) is 0 Å². The molecule has 5 heteroatoms. The van der Waals surface area contributed by atoms with Crippen LogP contribution in [0.3, 0.4) is 0 Å². The lowest BCUT2D eigenvalue weighted by Crippen LogP contribution is -1.96. The summed E-state index contributed by atoms with van der Waals surface area (Å²) >= 11 is 0. The number of aryl methyl sites for hydroxylation is 1. The highest BCUT2D eigenvalue weighted by Gasteiger charge is 2.06. The molecule has 0 aliphatic carbocycles. The van der Waals surface area contributed by atoms with E-state index in [1.165, 1.54) is 12.1 Å². The molecule has 0 radical (unpaired) electrons. The smallest absolute Gasteiger partial charge is 0.294 e. The van der Waals surface area contributed by atoms with Crippen molar-refractivity contribution in [3.05, 3.63) is 29.8 Å². The maximum absolute atomic E-state index is 10.5. The zero-order valence-corrected chi connectivity index (χ0v) is 12.4. The lowest BCUT2D eigenvalue weighted by atomic mass is 10.2. The summed E-state index contributed by atoms with van der Waals surface area (Å²) in [7, 11) is -4.02. The van der Waals surface area contributed by atoms with Gasteiger partial charge < -0.3 is 5.11 Å². The molecule has 0 saturated heterocycles. The van der Waals surface area contributed by atoms with E-state index in [2.05, 4.69) is 29.6 Å². The highest BCUT2D eigenvalue weighted by Crippen LogP contribution is 2.08. The molecule has 0 atom stereocenters. The molecule has 0 heterocycles. The van der Waals surface area contributed by atoms with Crippen molar-refractivity contribution >= 4 is 10.1 Å². The fourth-order valence-corrected chi connectivity index (χ4v) is 1.52. The molecular formula is C16H16O4S. The molecule has 0 aromatic heterocycles. The number of terminal acetylenes is 1. The zero-order chi connectivity index (χ0) is 16.1. The summed E-state index contributed by atoms with van der Waals surface area (Å²) in [6.45, 7) is 1.71. The molecule has 0 aliphatic heterocycles. The quantitative estimate of drug-likeness (QED) is 0.495. The molecule has 0 spiro atoms. The van der Waals surface area contributed by atoms with Gasteiger partial charge in [-0.3, -0.25) is 4.55 Å². The van der Waals surface area contributed by atoms with Crippen molar-refractivity contribution in [1.82, 2.24) is 0 Å². The van der Waals surface area contributed by atoms with Crippen molar-refractivity contribution < 1.29 is 18.1 Å². The van der Waals surface area contributed by atoms with E-state index in [4.69, 9.17) is 16.1 Å². The summed E-state index contributed by atoms with van der Waals surface area (Å²) in [5.41, 5.74) is 0.956. The summed E-state index contributed by atoms with van der Waals surface area (Å²) in [6, 6.07) is 5.99. The fourth-order valence-electron chi connectivity index (χ4n) is 1.04. The van der Waals surface area contributed by atoms with Gasteiger partial charge in [0, 0.05) is 12.8 Å². The maximum Gasteiger partial charge on any atom is 0.294 e. The Labute approximate surface area is 126 Å². The SMILES string of the molecule is C#CCCC#CC#CCO.Cc1ccc(S(=O)(=O)O)cc1. The Hall–Kier alpha value is -2.23. The van der Waals surface area contributed by atoms with Gasteiger partial charge in [-0.15, -0.1) is 12.3 Å². The minimum absolute atomic E-state index is 0.0666. The third kappa shape index (κ3) is 10.2. The second-order valence-corrected chi connectivity index (χ2v) is 5.18. The number of rotatable bonds is 2. The van der Waals surface area contributed by atoms with E-state index < -0.39 is 10.1 Å². The van der Waals surface area contributed by atoms with Gasteiger partial charge in [0.15, 0.2) is 0 Å². The predicted octanol–water partition coefficient (Wildman–Crippen LogP) is 1.64. The Morgan fingerprint density at radius 3 is 2.14 bits per heavy atom. The maximum atomic E-state index is 10.5. The van der Waals surface area contributed by atoms with E-state index in [9.17, 15) is 8.42 Å². The van der Waals surface area contributed by atoms with Gasteiger partial charge in [-0.05, 0) is 30.9 Å². The first-order chi connectivity index (χ1) is 9.91. The lowest BCUT2D eigenvalue weighted by Gasteiger charge is -1.95. The zero-order valence-electron chi connectivity index (χ0n) is 11.6. The summed E-state index contributed by atoms with van der Waals surface area (Å²) in [6.07, 6.45) is 6.31. The Bertz CT molecular complexity index is 687. The second-order valence-electron chi connectivity index (χ2n) is 3.75. The van der Waals surface area contributed by atoms with Crippen LogP contribution in [0, 0.1) is 42.9 Å². The van der Waals surface area contributed by atoms with Gasteiger partial charge in [-0.2, -0.15) is 8.42 Å². The minimum atomic E-state index is -4.02. The first kappa shape index (κ1) is 18.8. The van der Waals surface area contributed by atoms with Gasteiger partial charge >= 0.3 is 0 Å². The number of unbranched alkanes of at least 4 members (excludes halogenated alkanes) is 1. The predicted molar refractivity (Wildman–Crippen MR) is 81.7 cm³/mol. The molecule has 21 heavy (non-hydrogen) atoms. The Morgan fingerprint density at radius 2 is 1.67 bits per heavy atom. The van der Waals surface area contributed by atoms with Crippen LogP contribution in [0.4, 0.5) is 0 Å². The molecular weight excluding hydrogens is 288 g/mol. The van der Waals surface area contributed by atoms with Crippen LogP contribution in [0.5, 0.6) is 0 Å². The third-order valence-corrected chi connectivity index (χ3v) is 2.90. The van der Waals surface area contributed by atoms with Crippen LogP contribution < -0.4 is 0 Å². The molecule has 2 N–H and O–H groups in total. The molecule has 1 aromatic rings. The summed E-state index contributed by atoms with van der Waals surface area (Å²) in [4.78, 5) is -0.0666. The normalized spacial score (nSPS) is 8.86. The monoisotopic (exact) mass is 304 g/mol. The minimum Gasteiger partial charge on any atom is -0.384 e. The van der Waals surface area contributed by atoms with E-state index in [0.29, 0.717) is 12.8 Å². The Balaban J connectivity index is 0.000000384. The second kappa shape index (κ2) is 10.5. The molecule has 0 aliphatic rings. The van der Waals surface area contributed by atoms with Crippen LogP contribution in [0.25, 0.3) is 0 Å². The first-order valence-electron chi connectivity index (χ1n) is 5.96. The highest BCUT2D eigenvalue weighted by molar-refractivity contribution is 7.85. The van der Waals surface area contributed by atoms with Gasteiger partial charge in [0.1, 0.15) is 6.61 Å². The molecule has 0 bridgehead atoms. The van der Waals surface area contributed by atoms with Crippen molar-refractivity contribution in [2.24, 2.45) is 0 Å². The topological polar surface area (TPSA) is 74.6 Å². The molecule has 0 amide bonds. The largest absolute Gasteiger partial charge is 0.384 e. The summed E-state index contributed by atoms with van der Waals surface area (Å²) in [5.74, 6) is 12.6. The highest BCUT2D eigenvalue weighted by atomic mass is 32.2. The van der Waals surface area contributed by atoms with Crippen LogP contribution in [0.1, 0.15) is 18.4 Å². The number of hydrogen-bond donors (Lipinski definition) is 2. The van der Waals surface area contributed by atoms with E-state index in [1.807, 2.05) is 6.92 Å². The molecule has 1 rings (SSSR count). The summed E-state index contributed by atoms with van der Waals surface area (Å²) < 4.78 is 29.6. The number of hydrogen-bond acceptors (Lipinski definition) is 3. The molecule has 0 unspecified atom stereocenters. The molecule has 0 fully saturated rings. The number of aliphatic hydroxyl groups is 1. The van der Waals surface area contributed by atoms with Crippen molar-refractivity contribution in [2.45, 2.75) is 24.7 Å². The van der Waals surface area contributed by atoms with Crippen molar-refractivity contribution in [2.75, 3.05) is 6.61 Å². The lowest BCUT2D eigenvalue weighted by molar-refractivity contribution is 0.350. The van der Waals surface area contributed by atoms with Gasteiger partial charge in [-0.1, -0.05) is 29.5 Å². The van der Waals surface area contributed by atoms with Crippen molar-refractivity contribution in [3.8, 4) is 36.0 Å². The van der Waals surface area contributed by atoms with Gasteiger partial charge in [0.05, 0.1) is 4.90 Å². The van der Waals surface area contributed by atoms with Crippen molar-refractivity contribution in [1.29, 1.82) is 0 Å². The van der Waals surface area contributed by atoms with Crippen LogP contribution >= 0.6 is 0 Å². The Kier molecular flexibility index (Phi) is 9.43. The van der Waals surface area contributed by atoms with Gasteiger partial charge in [-0.25, -0.2) is 0 Å². The van der Waals surface area contributed by atoms with Crippen LogP contribution in [-0.4, -0.2) is 24.7 Å². The molecule has 110 valence electrons. The van der Waals surface area contributed by atoms with E-state index in [0.717, 1.165) is 5.56 Å². The molecule has 4 nitrogen and oxygen atoms in total. The number of benzene rings is 1. The van der Waals surface area contributed by atoms with E-state index in [-0.39, 0.29) is 11.5 Å². The average molecular weight is 304 g/mol. The molecule has 0 saturated carbocycles. The van der Waals surface area contributed by atoms with E-state index in [1.54, 1.807) is 12.1 Å². The fraction of sp³-hybridized carbons (Fsp3) is 0.250. The summed E-state index contributed by atoms with van der Waals surface area (Å²) in [5, 5.41) is 8.20.